The second-order valence-corrected chi connectivity index (χ2v) is 8.60. The molecule has 29 heavy (non-hydrogen) atoms. The largest absolute Gasteiger partial charge is 0.331 e. The average Bonchev–Trinajstić information content (AvgIpc) is 3.33. The summed E-state index contributed by atoms with van der Waals surface area (Å²) in [7, 11) is 0. The highest BCUT2D eigenvalue weighted by Crippen LogP contribution is 2.29. The highest BCUT2D eigenvalue weighted by atomic mass is 35.5. The molecule has 4 heterocycles. The number of amides is 4. The van der Waals surface area contributed by atoms with E-state index in [4.69, 9.17) is 16.4 Å². The van der Waals surface area contributed by atoms with Crippen LogP contribution < -0.4 is 10.6 Å². The van der Waals surface area contributed by atoms with Gasteiger partial charge in [-0.1, -0.05) is 17.7 Å². The van der Waals surface area contributed by atoms with Crippen LogP contribution in [0.5, 0.6) is 0 Å². The number of hydrogen-bond acceptors (Lipinski definition) is 6. The molecule has 0 spiro atoms. The van der Waals surface area contributed by atoms with Crippen LogP contribution in [0.15, 0.2) is 18.2 Å². The molecular formula is C19H22ClN5O4. The van der Waals surface area contributed by atoms with Crippen LogP contribution in [-0.2, 0) is 16.2 Å². The molecule has 1 aromatic carbocycles. The summed E-state index contributed by atoms with van der Waals surface area (Å²) >= 11 is 6.03. The average molecular weight is 420 g/mol. The van der Waals surface area contributed by atoms with Crippen molar-refractivity contribution in [2.45, 2.75) is 31.0 Å². The van der Waals surface area contributed by atoms with E-state index in [0.29, 0.717) is 29.9 Å². The van der Waals surface area contributed by atoms with E-state index in [9.17, 15) is 14.4 Å². The van der Waals surface area contributed by atoms with Gasteiger partial charge >= 0.3 is 6.03 Å². The van der Waals surface area contributed by atoms with Crippen LogP contribution >= 0.6 is 11.6 Å². The Morgan fingerprint density at radius 1 is 1.24 bits per heavy atom. The van der Waals surface area contributed by atoms with Gasteiger partial charge in [0.25, 0.3) is 11.8 Å². The number of benzene rings is 1. The first-order chi connectivity index (χ1) is 13.9. The van der Waals surface area contributed by atoms with E-state index in [2.05, 4.69) is 10.6 Å². The van der Waals surface area contributed by atoms with Crippen molar-refractivity contribution >= 4 is 29.4 Å². The summed E-state index contributed by atoms with van der Waals surface area (Å²) in [4.78, 5) is 47.1. The fourth-order valence-electron chi connectivity index (χ4n) is 4.75. The van der Waals surface area contributed by atoms with E-state index in [-0.39, 0.29) is 19.0 Å². The van der Waals surface area contributed by atoms with Crippen molar-refractivity contribution in [1.82, 2.24) is 25.5 Å². The van der Waals surface area contributed by atoms with Crippen molar-refractivity contribution in [2.24, 2.45) is 0 Å². The van der Waals surface area contributed by atoms with Gasteiger partial charge in [-0.05, 0) is 30.5 Å². The lowest BCUT2D eigenvalue weighted by Crippen LogP contribution is -2.63. The van der Waals surface area contributed by atoms with Crippen LogP contribution in [0.2, 0.25) is 5.02 Å². The van der Waals surface area contributed by atoms with Gasteiger partial charge < -0.3 is 10.2 Å². The third kappa shape index (κ3) is 3.28. The van der Waals surface area contributed by atoms with Gasteiger partial charge in [0, 0.05) is 42.8 Å². The van der Waals surface area contributed by atoms with Crippen LogP contribution in [0.25, 0.3) is 0 Å². The lowest BCUT2D eigenvalue weighted by atomic mass is 9.97. The van der Waals surface area contributed by atoms with Crippen molar-refractivity contribution < 1.29 is 19.2 Å². The Balaban J connectivity index is 1.36. The predicted molar refractivity (Wildman–Crippen MR) is 103 cm³/mol. The molecule has 3 fully saturated rings. The van der Waals surface area contributed by atoms with E-state index >= 15 is 0 Å². The maximum absolute atomic E-state index is 12.9. The minimum absolute atomic E-state index is 0.0839. The molecule has 154 valence electrons. The third-order valence-electron chi connectivity index (χ3n) is 6.12. The number of rotatable bonds is 4. The lowest BCUT2D eigenvalue weighted by molar-refractivity contribution is -0.238. The lowest BCUT2D eigenvalue weighted by Gasteiger charge is -2.41. The standard InChI is InChI=1S/C19H22ClN5O4/c20-13-4-3-12-7-24(16(26)15(12)6-13)10-19(17(27)21-18(28)22-19)9-23-8-14-2-1-5-25(14)29-11-23/h3-4,6,14H,1-2,5,7-11H2,(H2,21,22,27,28)/t14-,19?/m0/s1. The van der Waals surface area contributed by atoms with E-state index in [0.717, 1.165) is 31.5 Å². The van der Waals surface area contributed by atoms with E-state index in [1.165, 1.54) is 0 Å². The molecule has 9 nitrogen and oxygen atoms in total. The number of nitrogens with zero attached hydrogens (tertiary/aromatic N) is 3. The molecule has 4 amide bonds. The predicted octanol–water partition coefficient (Wildman–Crippen LogP) is 0.543. The fourth-order valence-corrected chi connectivity index (χ4v) is 4.92. The van der Waals surface area contributed by atoms with E-state index in [1.54, 1.807) is 17.0 Å². The smallest absolute Gasteiger partial charge is 0.322 e. The molecule has 0 bridgehead atoms. The molecule has 5 rings (SSSR count). The van der Waals surface area contributed by atoms with Crippen LogP contribution in [0.1, 0.15) is 28.8 Å². The van der Waals surface area contributed by atoms with Gasteiger partial charge in [0.1, 0.15) is 6.73 Å². The van der Waals surface area contributed by atoms with Crippen molar-refractivity contribution in [3.63, 3.8) is 0 Å². The first kappa shape index (κ1) is 18.8. The number of urea groups is 1. The first-order valence-electron chi connectivity index (χ1n) is 9.77. The molecule has 1 aromatic rings. The van der Waals surface area contributed by atoms with Gasteiger partial charge in [0.05, 0.1) is 6.54 Å². The third-order valence-corrected chi connectivity index (χ3v) is 6.35. The Morgan fingerprint density at radius 3 is 2.90 bits per heavy atom. The molecule has 0 radical (unpaired) electrons. The number of carbonyl (C=O) groups is 3. The number of hydroxylamine groups is 2. The number of hydrogen-bond donors (Lipinski definition) is 2. The minimum Gasteiger partial charge on any atom is -0.331 e. The van der Waals surface area contributed by atoms with Gasteiger partial charge in [0.2, 0.25) is 0 Å². The molecule has 3 saturated heterocycles. The number of nitrogens with one attached hydrogen (secondary N) is 2. The van der Waals surface area contributed by atoms with Crippen molar-refractivity contribution in [3.8, 4) is 0 Å². The van der Waals surface area contributed by atoms with Gasteiger partial charge in [-0.3, -0.25) is 24.6 Å². The molecular weight excluding hydrogens is 398 g/mol. The molecule has 2 N–H and O–H groups in total. The summed E-state index contributed by atoms with van der Waals surface area (Å²) in [6.45, 7) is 2.77. The highest BCUT2D eigenvalue weighted by molar-refractivity contribution is 6.31. The maximum Gasteiger partial charge on any atom is 0.322 e. The molecule has 0 saturated carbocycles. The van der Waals surface area contributed by atoms with Crippen LogP contribution in [0, 0.1) is 0 Å². The van der Waals surface area contributed by atoms with E-state index in [1.807, 2.05) is 16.0 Å². The molecule has 10 heteroatoms. The Labute approximate surface area is 172 Å². The number of fused-ring (bicyclic) bond motifs is 2. The first-order valence-corrected chi connectivity index (χ1v) is 10.1. The summed E-state index contributed by atoms with van der Waals surface area (Å²) in [5, 5.41) is 7.61. The monoisotopic (exact) mass is 419 g/mol. The summed E-state index contributed by atoms with van der Waals surface area (Å²) in [6.07, 6.45) is 2.13. The van der Waals surface area contributed by atoms with Gasteiger partial charge in [0.15, 0.2) is 5.54 Å². The second-order valence-electron chi connectivity index (χ2n) is 8.16. The van der Waals surface area contributed by atoms with Crippen LogP contribution in [0.4, 0.5) is 4.79 Å². The quantitative estimate of drug-likeness (QED) is 0.692. The van der Waals surface area contributed by atoms with E-state index < -0.39 is 17.5 Å². The molecule has 4 aliphatic heterocycles. The molecule has 2 atom stereocenters. The summed E-state index contributed by atoms with van der Waals surface area (Å²) in [6, 6.07) is 4.97. The zero-order valence-electron chi connectivity index (χ0n) is 15.8. The van der Waals surface area contributed by atoms with Crippen molar-refractivity contribution in [1.29, 1.82) is 0 Å². The molecule has 4 aliphatic rings. The topological polar surface area (TPSA) is 94.2 Å². The zero-order chi connectivity index (χ0) is 20.2. The molecule has 1 unspecified atom stereocenters. The van der Waals surface area contributed by atoms with Gasteiger partial charge in [-0.15, -0.1) is 0 Å². The van der Waals surface area contributed by atoms with Crippen molar-refractivity contribution in [2.75, 3.05) is 32.9 Å². The minimum atomic E-state index is -1.22. The normalized spacial score (nSPS) is 29.8. The van der Waals surface area contributed by atoms with Crippen molar-refractivity contribution in [3.05, 3.63) is 34.3 Å². The summed E-state index contributed by atoms with van der Waals surface area (Å²) < 4.78 is 0. The molecule has 0 aromatic heterocycles. The number of carbonyl (C=O) groups excluding carboxylic acids is 3. The summed E-state index contributed by atoms with van der Waals surface area (Å²) in [5.41, 5.74) is 0.186. The Kier molecular flexibility index (Phi) is 4.50. The van der Waals surface area contributed by atoms with Crippen LogP contribution in [-0.4, -0.2) is 77.2 Å². The Hall–Kier alpha value is -2.20. The second kappa shape index (κ2) is 6.94. The maximum atomic E-state index is 12.9. The number of imide groups is 1. The van der Waals surface area contributed by atoms with Gasteiger partial charge in [-0.25, -0.2) is 4.79 Å². The van der Waals surface area contributed by atoms with Gasteiger partial charge in [-0.2, -0.15) is 5.06 Å². The zero-order valence-corrected chi connectivity index (χ0v) is 16.6. The highest BCUT2D eigenvalue weighted by Gasteiger charge is 2.51. The Morgan fingerprint density at radius 2 is 2.10 bits per heavy atom. The fraction of sp³-hybridized carbons (Fsp3) is 0.526. The number of halogens is 1. The van der Waals surface area contributed by atoms with Crippen LogP contribution in [0.3, 0.4) is 0 Å². The Bertz CT molecular complexity index is 895. The molecule has 0 aliphatic carbocycles. The summed E-state index contributed by atoms with van der Waals surface area (Å²) in [5.74, 6) is -0.606. The SMILES string of the molecule is O=C1NC(=O)C(CN2CON3CCC[C@H]3C2)(CN2Cc3ccc(Cl)cc3C2=O)N1.